The van der Waals surface area contributed by atoms with Crippen molar-refractivity contribution >= 4 is 46.8 Å². The highest BCUT2D eigenvalue weighted by Gasteiger charge is 2.59. The minimum Gasteiger partial charge on any atom is -0.479 e. The van der Waals surface area contributed by atoms with Crippen molar-refractivity contribution in [3.05, 3.63) is 46.0 Å². The zero-order chi connectivity index (χ0) is 30.7. The number of carboxylic acid groups (broad SMARTS) is 1. The van der Waals surface area contributed by atoms with E-state index in [0.29, 0.717) is 29.3 Å². The summed E-state index contributed by atoms with van der Waals surface area (Å²) in [5.74, 6) is -2.24. The summed E-state index contributed by atoms with van der Waals surface area (Å²) in [6, 6.07) is -0.457. The van der Waals surface area contributed by atoms with E-state index < -0.39 is 51.5 Å². The van der Waals surface area contributed by atoms with Gasteiger partial charge in [-0.1, -0.05) is 17.7 Å². The molecule has 10 nitrogen and oxygen atoms in total. The molecule has 230 valence electrons. The molecule has 3 aliphatic heterocycles. The van der Waals surface area contributed by atoms with E-state index >= 15 is 0 Å². The smallest absolute Gasteiger partial charge is 0.336 e. The van der Waals surface area contributed by atoms with Gasteiger partial charge in [-0.25, -0.2) is 9.78 Å². The van der Waals surface area contributed by atoms with E-state index in [1.165, 1.54) is 24.3 Å². The average molecular weight is 621 g/mol. The van der Waals surface area contributed by atoms with Crippen LogP contribution in [0.1, 0.15) is 83.0 Å². The third-order valence-electron chi connectivity index (χ3n) is 8.16. The maximum absolute atomic E-state index is 13.4. The van der Waals surface area contributed by atoms with E-state index in [1.807, 2.05) is 5.38 Å². The number of thiazole rings is 1. The average Bonchev–Trinajstić information content (AvgIpc) is 3.40. The molecule has 42 heavy (non-hydrogen) atoms. The van der Waals surface area contributed by atoms with Crippen LogP contribution in [0.4, 0.5) is 0 Å². The van der Waals surface area contributed by atoms with Crippen LogP contribution in [0.25, 0.3) is 6.08 Å². The first kappa shape index (κ1) is 32.6. The Kier molecular flexibility index (Phi) is 10.2. The van der Waals surface area contributed by atoms with Crippen LogP contribution in [-0.2, 0) is 23.9 Å². The van der Waals surface area contributed by atoms with Gasteiger partial charge in [-0.3, -0.25) is 9.59 Å². The standard InChI is InChI=1S/C30H40N2O8S2/c1-18-15-22(40-24-11-7-8-14-39-24)21(33)10-6-5-9-20-17-41-26(32-20)19(2)31-23(34)16-30(29(4,38)27(35)36)13-12-28(3,37)25(18)42-30/h5-6,9-10,15,17,19,22,24-25,37-38H,7-8,11-14,16H2,1-4H3,(H,31,34)(H,35,36)/b9-5-,10-6-,18-15-/t19-,22-,24-,25?,28-,29+,30-/m1/s1. The van der Waals surface area contributed by atoms with Crippen LogP contribution in [0.5, 0.6) is 0 Å². The summed E-state index contributed by atoms with van der Waals surface area (Å²) in [4.78, 5) is 43.7. The van der Waals surface area contributed by atoms with Gasteiger partial charge in [-0.15, -0.1) is 23.1 Å². The number of carboxylic acids is 1. The third kappa shape index (κ3) is 7.23. The Morgan fingerprint density at radius 3 is 2.67 bits per heavy atom. The molecular weight excluding hydrogens is 580 g/mol. The number of nitrogens with one attached hydrogen (secondary N) is 1. The maximum Gasteiger partial charge on any atom is 0.336 e. The molecule has 12 heteroatoms. The molecular formula is C30H40N2O8S2. The molecule has 1 aromatic heterocycles. The van der Waals surface area contributed by atoms with E-state index in [4.69, 9.17) is 9.47 Å². The molecule has 0 radical (unpaired) electrons. The number of rotatable bonds is 4. The molecule has 4 heterocycles. The molecule has 0 saturated carbocycles. The topological polar surface area (TPSA) is 155 Å². The monoisotopic (exact) mass is 620 g/mol. The Hall–Kier alpha value is -2.35. The van der Waals surface area contributed by atoms with Crippen LogP contribution in [0.2, 0.25) is 0 Å². The Bertz CT molecular complexity index is 1260. The molecule has 3 aliphatic rings. The summed E-state index contributed by atoms with van der Waals surface area (Å²) in [5, 5.41) is 37.6. The lowest BCUT2D eigenvalue weighted by Crippen LogP contribution is -2.62. The molecule has 2 saturated heterocycles. The molecule has 1 aromatic rings. The normalized spacial score (nSPS) is 37.2. The highest BCUT2D eigenvalue weighted by Crippen LogP contribution is 2.55. The lowest BCUT2D eigenvalue weighted by molar-refractivity contribution is -0.181. The number of amides is 1. The van der Waals surface area contributed by atoms with E-state index in [0.717, 1.165) is 24.6 Å². The Morgan fingerprint density at radius 1 is 1.24 bits per heavy atom. The Morgan fingerprint density at radius 2 is 1.98 bits per heavy atom. The Labute approximate surface area is 254 Å². The van der Waals surface area contributed by atoms with Gasteiger partial charge in [-0.05, 0) is 78.0 Å². The van der Waals surface area contributed by atoms with Gasteiger partial charge in [-0.2, -0.15) is 0 Å². The number of carbonyl (C=O) groups excluding carboxylic acids is 2. The summed E-state index contributed by atoms with van der Waals surface area (Å²) in [5.41, 5.74) is -2.40. The van der Waals surface area contributed by atoms with Gasteiger partial charge in [0.05, 0.1) is 27.3 Å². The zero-order valence-corrected chi connectivity index (χ0v) is 26.0. The first-order chi connectivity index (χ1) is 19.7. The van der Waals surface area contributed by atoms with Crippen molar-refractivity contribution in [1.82, 2.24) is 10.3 Å². The molecule has 2 fully saturated rings. The van der Waals surface area contributed by atoms with E-state index in [9.17, 15) is 29.7 Å². The van der Waals surface area contributed by atoms with Crippen LogP contribution in [0.3, 0.4) is 0 Å². The van der Waals surface area contributed by atoms with Gasteiger partial charge in [0.25, 0.3) is 0 Å². The summed E-state index contributed by atoms with van der Waals surface area (Å²) < 4.78 is 10.4. The van der Waals surface area contributed by atoms with Crippen LogP contribution in [0, 0.1) is 0 Å². The summed E-state index contributed by atoms with van der Waals surface area (Å²) >= 11 is 2.42. The number of aliphatic carboxylic acids is 1. The lowest BCUT2D eigenvalue weighted by atomic mass is 9.77. The van der Waals surface area contributed by atoms with Crippen molar-refractivity contribution in [2.75, 3.05) is 6.61 Å². The molecule has 0 spiro atoms. The molecule has 0 aliphatic carbocycles. The zero-order valence-electron chi connectivity index (χ0n) is 24.4. The summed E-state index contributed by atoms with van der Waals surface area (Å²) in [7, 11) is 0. The first-order valence-electron chi connectivity index (χ1n) is 14.2. The van der Waals surface area contributed by atoms with Crippen molar-refractivity contribution in [2.24, 2.45) is 0 Å². The maximum atomic E-state index is 13.4. The number of ketones is 1. The van der Waals surface area contributed by atoms with Gasteiger partial charge in [0.1, 0.15) is 11.1 Å². The quantitative estimate of drug-likeness (QED) is 0.364. The van der Waals surface area contributed by atoms with Gasteiger partial charge < -0.3 is 30.1 Å². The number of fused-ring (bicyclic) bond motifs is 4. The minimum atomic E-state index is -2.31. The number of hydrogen-bond acceptors (Lipinski definition) is 10. The SMILES string of the molecule is C/C1=C/[C@@H](O[C@@H]2CCCCO2)C(=O)/C=C\C=C/c2csc(n2)[C@@H](C)NC(=O)C[C@@]2([C@@](C)(O)C(=O)O)CC[C@@](C)(O)C1S2. The van der Waals surface area contributed by atoms with Crippen molar-refractivity contribution in [1.29, 1.82) is 0 Å². The molecule has 4 bridgehead atoms. The summed E-state index contributed by atoms with van der Waals surface area (Å²) in [6.45, 7) is 6.90. The van der Waals surface area contributed by atoms with E-state index in [-0.39, 0.29) is 25.0 Å². The van der Waals surface area contributed by atoms with Crippen molar-refractivity contribution in [3.63, 3.8) is 0 Å². The molecule has 1 amide bonds. The lowest BCUT2D eigenvalue weighted by Gasteiger charge is -2.52. The van der Waals surface area contributed by atoms with Crippen LogP contribution < -0.4 is 5.32 Å². The van der Waals surface area contributed by atoms with E-state index in [2.05, 4.69) is 10.3 Å². The number of allylic oxidation sites excluding steroid dienone is 2. The van der Waals surface area contributed by atoms with Gasteiger partial charge in [0.2, 0.25) is 5.91 Å². The van der Waals surface area contributed by atoms with Gasteiger partial charge >= 0.3 is 5.97 Å². The molecule has 0 aromatic carbocycles. The molecule has 4 rings (SSSR count). The Balaban J connectivity index is 1.79. The second-order valence-corrected chi connectivity index (χ2v) is 14.1. The number of ether oxygens (including phenoxy) is 2. The third-order valence-corrected chi connectivity index (χ3v) is 11.5. The largest absolute Gasteiger partial charge is 0.479 e. The molecule has 7 atom stereocenters. The van der Waals surface area contributed by atoms with Crippen LogP contribution in [0.15, 0.2) is 35.3 Å². The number of hydrogen-bond donors (Lipinski definition) is 4. The summed E-state index contributed by atoms with van der Waals surface area (Å²) in [6.07, 6.45) is 8.85. The fourth-order valence-corrected chi connectivity index (χ4v) is 8.15. The highest BCUT2D eigenvalue weighted by atomic mass is 32.2. The minimum absolute atomic E-state index is 0.0687. The van der Waals surface area contributed by atoms with Gasteiger partial charge in [0, 0.05) is 18.4 Å². The van der Waals surface area contributed by atoms with Gasteiger partial charge in [0.15, 0.2) is 17.7 Å². The number of aromatic nitrogens is 1. The van der Waals surface area contributed by atoms with Crippen molar-refractivity contribution in [3.8, 4) is 0 Å². The second kappa shape index (κ2) is 13.1. The predicted molar refractivity (Wildman–Crippen MR) is 161 cm³/mol. The predicted octanol–water partition coefficient (Wildman–Crippen LogP) is 3.94. The van der Waals surface area contributed by atoms with E-state index in [1.54, 1.807) is 45.1 Å². The van der Waals surface area contributed by atoms with Crippen molar-refractivity contribution < 1.29 is 39.2 Å². The van der Waals surface area contributed by atoms with Crippen molar-refractivity contribution in [2.45, 2.75) is 106 Å². The second-order valence-electron chi connectivity index (χ2n) is 11.7. The number of carbonyl (C=O) groups is 3. The van der Waals surface area contributed by atoms with Crippen LogP contribution in [-0.4, -0.2) is 78.2 Å². The number of nitrogens with zero attached hydrogens (tertiary/aromatic N) is 1. The number of thioether (sulfide) groups is 1. The number of aliphatic hydroxyl groups is 2. The fourth-order valence-electron chi connectivity index (χ4n) is 5.52. The van der Waals surface area contributed by atoms with Crippen LogP contribution >= 0.6 is 23.1 Å². The first-order valence-corrected chi connectivity index (χ1v) is 15.9. The molecule has 4 N–H and O–H groups in total. The molecule has 1 unspecified atom stereocenters. The highest BCUT2D eigenvalue weighted by molar-refractivity contribution is 8.01. The fraction of sp³-hybridized carbons (Fsp3) is 0.600.